The van der Waals surface area contributed by atoms with Gasteiger partial charge in [-0.2, -0.15) is 0 Å². The van der Waals surface area contributed by atoms with Gasteiger partial charge in [-0.15, -0.1) is 0 Å². The van der Waals surface area contributed by atoms with Crippen LogP contribution in [0.5, 0.6) is 11.5 Å². The standard InChI is InChI=1S/C26H21NO4/c1-16-3-6-18(7-4-16)13-27-14-21(26(29)20-11-17(2)5-9-22(20)27)25(28)19-8-10-23-24(12-19)31-15-30-23/h3-12,14H,13,15H2,1-2H3. The molecule has 0 amide bonds. The number of ketones is 1. The molecule has 1 aliphatic heterocycles. The highest BCUT2D eigenvalue weighted by molar-refractivity contribution is 6.10. The van der Waals surface area contributed by atoms with Crippen molar-refractivity contribution in [1.29, 1.82) is 0 Å². The predicted molar refractivity (Wildman–Crippen MR) is 119 cm³/mol. The summed E-state index contributed by atoms with van der Waals surface area (Å²) in [5.41, 5.74) is 4.33. The van der Waals surface area contributed by atoms with Crippen molar-refractivity contribution in [2.45, 2.75) is 20.4 Å². The molecule has 5 heteroatoms. The normalized spacial score (nSPS) is 12.3. The van der Waals surface area contributed by atoms with Gasteiger partial charge in [0.05, 0.1) is 11.1 Å². The Morgan fingerprint density at radius 1 is 0.903 bits per heavy atom. The zero-order valence-electron chi connectivity index (χ0n) is 17.3. The third kappa shape index (κ3) is 3.48. The highest BCUT2D eigenvalue weighted by Gasteiger charge is 2.21. The molecule has 0 saturated carbocycles. The monoisotopic (exact) mass is 411 g/mol. The SMILES string of the molecule is Cc1ccc(Cn2cc(C(=O)c3ccc4c(c3)OCO4)c(=O)c3cc(C)ccc32)cc1. The molecule has 0 radical (unpaired) electrons. The Morgan fingerprint density at radius 2 is 1.65 bits per heavy atom. The minimum absolute atomic E-state index is 0.131. The Morgan fingerprint density at radius 3 is 2.45 bits per heavy atom. The van der Waals surface area contributed by atoms with Crippen LogP contribution in [0.15, 0.2) is 71.7 Å². The van der Waals surface area contributed by atoms with E-state index in [0.29, 0.717) is 29.0 Å². The van der Waals surface area contributed by atoms with Crippen LogP contribution >= 0.6 is 0 Å². The molecule has 4 aromatic rings. The molecule has 0 fully saturated rings. The number of nitrogens with zero attached hydrogens (tertiary/aromatic N) is 1. The summed E-state index contributed by atoms with van der Waals surface area (Å²) in [4.78, 5) is 26.6. The number of aryl methyl sites for hydroxylation is 2. The summed E-state index contributed by atoms with van der Waals surface area (Å²) in [6.07, 6.45) is 1.67. The van der Waals surface area contributed by atoms with E-state index in [4.69, 9.17) is 9.47 Å². The van der Waals surface area contributed by atoms with E-state index in [1.807, 2.05) is 36.6 Å². The average molecular weight is 411 g/mol. The van der Waals surface area contributed by atoms with Crippen molar-refractivity contribution in [3.05, 3.63) is 105 Å². The Hall–Kier alpha value is -3.86. The first-order valence-corrected chi connectivity index (χ1v) is 10.1. The minimum atomic E-state index is -0.329. The van der Waals surface area contributed by atoms with Crippen molar-refractivity contribution in [3.63, 3.8) is 0 Å². The van der Waals surface area contributed by atoms with E-state index in [9.17, 15) is 9.59 Å². The van der Waals surface area contributed by atoms with Crippen molar-refractivity contribution in [3.8, 4) is 11.5 Å². The van der Waals surface area contributed by atoms with Crippen molar-refractivity contribution in [2.75, 3.05) is 6.79 Å². The molecule has 1 aromatic heterocycles. The third-order valence-corrected chi connectivity index (χ3v) is 5.59. The molecule has 3 aromatic carbocycles. The highest BCUT2D eigenvalue weighted by atomic mass is 16.7. The van der Waals surface area contributed by atoms with Gasteiger partial charge in [-0.1, -0.05) is 41.5 Å². The molecular weight excluding hydrogens is 390 g/mol. The van der Waals surface area contributed by atoms with Gasteiger partial charge in [-0.3, -0.25) is 9.59 Å². The van der Waals surface area contributed by atoms with Crippen molar-refractivity contribution < 1.29 is 14.3 Å². The third-order valence-electron chi connectivity index (χ3n) is 5.59. The van der Waals surface area contributed by atoms with Crippen molar-refractivity contribution in [1.82, 2.24) is 4.57 Å². The van der Waals surface area contributed by atoms with E-state index in [-0.39, 0.29) is 23.6 Å². The van der Waals surface area contributed by atoms with Crippen LogP contribution in [0.3, 0.4) is 0 Å². The van der Waals surface area contributed by atoms with E-state index in [1.165, 1.54) is 5.56 Å². The minimum Gasteiger partial charge on any atom is -0.454 e. The van der Waals surface area contributed by atoms with Crippen LogP contribution in [0.4, 0.5) is 0 Å². The van der Waals surface area contributed by atoms with Crippen LogP contribution < -0.4 is 14.9 Å². The Labute approximate surface area is 179 Å². The molecule has 0 N–H and O–H groups in total. The molecule has 0 unspecified atom stereocenters. The summed E-state index contributed by atoms with van der Waals surface area (Å²) in [6, 6.07) is 19.0. The lowest BCUT2D eigenvalue weighted by atomic mass is 10.0. The Balaban J connectivity index is 1.65. The smallest absolute Gasteiger partial charge is 0.231 e. The lowest BCUT2D eigenvalue weighted by Gasteiger charge is -2.14. The number of carbonyl (C=O) groups excluding carboxylic acids is 1. The van der Waals surface area contributed by atoms with Crippen LogP contribution in [0, 0.1) is 13.8 Å². The molecule has 0 bridgehead atoms. The van der Waals surface area contributed by atoms with Crippen LogP contribution in [0.25, 0.3) is 10.9 Å². The average Bonchev–Trinajstić information content (AvgIpc) is 3.24. The Bertz CT molecular complexity index is 1380. The number of aromatic nitrogens is 1. The van der Waals surface area contributed by atoms with Crippen LogP contribution in [0.1, 0.15) is 32.6 Å². The molecule has 31 heavy (non-hydrogen) atoms. The molecule has 154 valence electrons. The number of fused-ring (bicyclic) bond motifs is 2. The molecule has 2 heterocycles. The Kier molecular flexibility index (Phi) is 4.59. The second-order valence-electron chi connectivity index (χ2n) is 7.90. The molecule has 5 nitrogen and oxygen atoms in total. The van der Waals surface area contributed by atoms with Gasteiger partial charge in [0.2, 0.25) is 12.2 Å². The zero-order valence-corrected chi connectivity index (χ0v) is 17.3. The van der Waals surface area contributed by atoms with Crippen LogP contribution in [-0.2, 0) is 6.54 Å². The number of hydrogen-bond donors (Lipinski definition) is 0. The first-order valence-electron chi connectivity index (χ1n) is 10.1. The molecule has 0 atom stereocenters. The summed E-state index contributed by atoms with van der Waals surface area (Å²) in [7, 11) is 0. The number of carbonyl (C=O) groups is 1. The summed E-state index contributed by atoms with van der Waals surface area (Å²) in [5, 5.41) is 0.540. The van der Waals surface area contributed by atoms with E-state index in [2.05, 4.69) is 24.3 Å². The zero-order chi connectivity index (χ0) is 21.5. The number of benzene rings is 3. The number of hydrogen-bond acceptors (Lipinski definition) is 4. The second-order valence-corrected chi connectivity index (χ2v) is 7.90. The summed E-state index contributed by atoms with van der Waals surface area (Å²) < 4.78 is 12.7. The second kappa shape index (κ2) is 7.43. The number of pyridine rings is 1. The predicted octanol–water partition coefficient (Wildman–Crippen LogP) is 4.63. The van der Waals surface area contributed by atoms with Crippen molar-refractivity contribution in [2.24, 2.45) is 0 Å². The van der Waals surface area contributed by atoms with Crippen LogP contribution in [0.2, 0.25) is 0 Å². The lowest BCUT2D eigenvalue weighted by Crippen LogP contribution is -2.20. The van der Waals surface area contributed by atoms with Gasteiger partial charge in [0.1, 0.15) is 0 Å². The van der Waals surface area contributed by atoms with Gasteiger partial charge in [0.15, 0.2) is 17.3 Å². The van der Waals surface area contributed by atoms with Gasteiger partial charge in [-0.25, -0.2) is 0 Å². The fraction of sp³-hybridized carbons (Fsp3) is 0.154. The van der Waals surface area contributed by atoms with Gasteiger partial charge < -0.3 is 14.0 Å². The highest BCUT2D eigenvalue weighted by Crippen LogP contribution is 2.33. The van der Waals surface area contributed by atoms with E-state index in [0.717, 1.165) is 16.6 Å². The van der Waals surface area contributed by atoms with Gasteiger partial charge >= 0.3 is 0 Å². The van der Waals surface area contributed by atoms with E-state index < -0.39 is 0 Å². The van der Waals surface area contributed by atoms with Crippen molar-refractivity contribution >= 4 is 16.7 Å². The molecular formula is C26H21NO4. The number of ether oxygens (including phenoxy) is 2. The maximum Gasteiger partial charge on any atom is 0.231 e. The van der Waals surface area contributed by atoms with Gasteiger partial charge in [0, 0.05) is 23.7 Å². The molecule has 0 spiro atoms. The lowest BCUT2D eigenvalue weighted by molar-refractivity contribution is 0.103. The maximum absolute atomic E-state index is 13.3. The molecule has 1 aliphatic rings. The largest absolute Gasteiger partial charge is 0.454 e. The molecule has 0 saturated heterocycles. The maximum atomic E-state index is 13.3. The quantitative estimate of drug-likeness (QED) is 0.460. The first-order chi connectivity index (χ1) is 15.0. The van der Waals surface area contributed by atoms with Gasteiger partial charge in [0.25, 0.3) is 0 Å². The van der Waals surface area contributed by atoms with Crippen LogP contribution in [-0.4, -0.2) is 17.1 Å². The summed E-state index contributed by atoms with van der Waals surface area (Å²) in [6.45, 7) is 4.67. The molecule has 5 rings (SSSR count). The van der Waals surface area contributed by atoms with E-state index >= 15 is 0 Å². The van der Waals surface area contributed by atoms with E-state index in [1.54, 1.807) is 24.4 Å². The topological polar surface area (TPSA) is 57.5 Å². The fourth-order valence-corrected chi connectivity index (χ4v) is 3.89. The number of rotatable bonds is 4. The van der Waals surface area contributed by atoms with Gasteiger partial charge in [-0.05, 0) is 49.7 Å². The summed E-state index contributed by atoms with van der Waals surface area (Å²) >= 11 is 0. The summed E-state index contributed by atoms with van der Waals surface area (Å²) in [5.74, 6) is 0.786. The first kappa shape index (κ1) is 19.1. The molecule has 0 aliphatic carbocycles. The fourth-order valence-electron chi connectivity index (χ4n) is 3.89.